The number of nitrogens with two attached hydrogens (primary N) is 1. The van der Waals surface area contributed by atoms with E-state index in [1.807, 2.05) is 36.4 Å². The highest BCUT2D eigenvalue weighted by Crippen LogP contribution is 2.42. The molecule has 2 saturated heterocycles. The van der Waals surface area contributed by atoms with Crippen LogP contribution in [0.3, 0.4) is 0 Å². The lowest BCUT2D eigenvalue weighted by Gasteiger charge is -2.38. The van der Waals surface area contributed by atoms with Crippen LogP contribution >= 0.6 is 0 Å². The molecule has 1 spiro atoms. The second-order valence-corrected chi connectivity index (χ2v) is 8.39. The number of carbonyl (C=O) groups excluding carboxylic acids is 1. The number of likely N-dealkylation sites (tertiary alicyclic amines) is 2. The van der Waals surface area contributed by atoms with Crippen molar-refractivity contribution in [2.24, 2.45) is 11.1 Å². The van der Waals surface area contributed by atoms with Crippen LogP contribution in [0.2, 0.25) is 0 Å². The highest BCUT2D eigenvalue weighted by Gasteiger charge is 2.47. The Morgan fingerprint density at radius 2 is 1.50 bits per heavy atom. The summed E-state index contributed by atoms with van der Waals surface area (Å²) in [4.78, 5) is 17.7. The Kier molecular flexibility index (Phi) is 5.79. The molecule has 2 aromatic rings. The predicted molar refractivity (Wildman–Crippen MR) is 113 cm³/mol. The number of piperidine rings is 1. The van der Waals surface area contributed by atoms with E-state index in [1.54, 1.807) is 0 Å². The third-order valence-corrected chi connectivity index (χ3v) is 6.61. The summed E-state index contributed by atoms with van der Waals surface area (Å²) < 4.78 is 0. The summed E-state index contributed by atoms with van der Waals surface area (Å²) in [6.07, 6.45) is 3.94. The summed E-state index contributed by atoms with van der Waals surface area (Å²) in [5.74, 6) is 0.372. The van der Waals surface area contributed by atoms with Gasteiger partial charge in [0.2, 0.25) is 5.91 Å². The van der Waals surface area contributed by atoms with Crippen LogP contribution in [-0.2, 0) is 11.3 Å². The normalized spacial score (nSPS) is 20.6. The average molecular weight is 378 g/mol. The maximum absolute atomic E-state index is 13.1. The summed E-state index contributed by atoms with van der Waals surface area (Å²) in [6.45, 7) is 4.66. The molecule has 4 heteroatoms. The highest BCUT2D eigenvalue weighted by atomic mass is 16.2. The summed E-state index contributed by atoms with van der Waals surface area (Å²) in [6, 6.07) is 20.8. The van der Waals surface area contributed by atoms with E-state index in [9.17, 15) is 4.79 Å². The van der Waals surface area contributed by atoms with E-state index in [1.165, 1.54) is 11.1 Å². The molecule has 2 fully saturated rings. The topological polar surface area (TPSA) is 49.6 Å². The Labute approximate surface area is 168 Å². The van der Waals surface area contributed by atoms with Crippen molar-refractivity contribution in [1.29, 1.82) is 0 Å². The first-order valence-electron chi connectivity index (χ1n) is 10.5. The molecular formula is C24H31N3O. The first-order chi connectivity index (χ1) is 13.7. The molecular weight excluding hydrogens is 346 g/mol. The van der Waals surface area contributed by atoms with Crippen LogP contribution < -0.4 is 5.73 Å². The van der Waals surface area contributed by atoms with Crippen molar-refractivity contribution in [2.75, 3.05) is 26.2 Å². The fourth-order valence-corrected chi connectivity index (χ4v) is 4.70. The van der Waals surface area contributed by atoms with Crippen molar-refractivity contribution in [2.45, 2.75) is 38.3 Å². The maximum atomic E-state index is 13.1. The second kappa shape index (κ2) is 8.46. The molecule has 2 heterocycles. The molecule has 0 radical (unpaired) electrons. The van der Waals surface area contributed by atoms with Crippen molar-refractivity contribution in [1.82, 2.24) is 9.80 Å². The fourth-order valence-electron chi connectivity index (χ4n) is 4.70. The average Bonchev–Trinajstić information content (AvgIpc) is 3.04. The molecule has 4 nitrogen and oxygen atoms in total. The molecule has 2 aliphatic rings. The molecule has 0 aromatic heterocycles. The van der Waals surface area contributed by atoms with Crippen LogP contribution in [0.5, 0.6) is 0 Å². The lowest BCUT2D eigenvalue weighted by atomic mass is 9.77. The number of amides is 1. The lowest BCUT2D eigenvalue weighted by molar-refractivity contribution is -0.138. The van der Waals surface area contributed by atoms with Gasteiger partial charge in [-0.25, -0.2) is 0 Å². The number of carbonyl (C=O) groups is 1. The van der Waals surface area contributed by atoms with Gasteiger partial charge in [-0.15, -0.1) is 0 Å². The molecule has 2 N–H and O–H groups in total. The van der Waals surface area contributed by atoms with Crippen molar-refractivity contribution >= 4 is 5.91 Å². The number of benzene rings is 2. The van der Waals surface area contributed by atoms with Gasteiger partial charge in [-0.05, 0) is 56.4 Å². The van der Waals surface area contributed by atoms with Gasteiger partial charge in [-0.3, -0.25) is 4.79 Å². The van der Waals surface area contributed by atoms with E-state index >= 15 is 0 Å². The molecule has 0 saturated carbocycles. The number of nitrogens with zero attached hydrogens (tertiary/aromatic N) is 2. The lowest BCUT2D eigenvalue weighted by Crippen LogP contribution is -2.45. The minimum Gasteiger partial charge on any atom is -0.338 e. The molecule has 0 aliphatic carbocycles. The van der Waals surface area contributed by atoms with Gasteiger partial charge >= 0.3 is 0 Å². The van der Waals surface area contributed by atoms with Crippen LogP contribution in [0.4, 0.5) is 0 Å². The quantitative estimate of drug-likeness (QED) is 0.837. The van der Waals surface area contributed by atoms with Crippen LogP contribution in [0.1, 0.15) is 42.9 Å². The molecule has 0 bridgehead atoms. The van der Waals surface area contributed by atoms with Gasteiger partial charge in [0.25, 0.3) is 0 Å². The van der Waals surface area contributed by atoms with E-state index in [2.05, 4.69) is 34.1 Å². The molecule has 28 heavy (non-hydrogen) atoms. The van der Waals surface area contributed by atoms with Gasteiger partial charge in [0.05, 0.1) is 5.41 Å². The zero-order chi connectivity index (χ0) is 19.4. The molecule has 1 unspecified atom stereocenters. The first-order valence-corrected chi connectivity index (χ1v) is 10.5. The standard InChI is InChI=1S/C24H31N3O/c25-22(21-9-5-2-6-10-21)11-15-26-16-12-24(13-17-26)14-18-27(23(24)28)19-20-7-3-1-4-8-20/h1-10,22H,11-19,25H2. The Morgan fingerprint density at radius 3 is 2.18 bits per heavy atom. The van der Waals surface area contributed by atoms with Crippen LogP contribution in [0.25, 0.3) is 0 Å². The Bertz CT molecular complexity index is 769. The van der Waals surface area contributed by atoms with Gasteiger partial charge in [0.15, 0.2) is 0 Å². The Balaban J connectivity index is 1.27. The second-order valence-electron chi connectivity index (χ2n) is 8.39. The molecule has 1 amide bonds. The van der Waals surface area contributed by atoms with E-state index in [-0.39, 0.29) is 11.5 Å². The van der Waals surface area contributed by atoms with Gasteiger partial charge in [-0.1, -0.05) is 60.7 Å². The monoisotopic (exact) mass is 377 g/mol. The third kappa shape index (κ3) is 4.13. The van der Waals surface area contributed by atoms with Crippen molar-refractivity contribution in [3.63, 3.8) is 0 Å². The summed E-state index contributed by atoms with van der Waals surface area (Å²) in [5, 5.41) is 0. The van der Waals surface area contributed by atoms with E-state index in [0.29, 0.717) is 5.91 Å². The molecule has 148 valence electrons. The number of hydrogen-bond acceptors (Lipinski definition) is 3. The summed E-state index contributed by atoms with van der Waals surface area (Å²) in [7, 11) is 0. The largest absolute Gasteiger partial charge is 0.338 e. The number of rotatable bonds is 6. The van der Waals surface area contributed by atoms with Gasteiger partial charge < -0.3 is 15.5 Å². The van der Waals surface area contributed by atoms with Gasteiger partial charge in [0.1, 0.15) is 0 Å². The van der Waals surface area contributed by atoms with Crippen molar-refractivity contribution in [3.05, 3.63) is 71.8 Å². The van der Waals surface area contributed by atoms with E-state index < -0.39 is 0 Å². The third-order valence-electron chi connectivity index (χ3n) is 6.61. The Hall–Kier alpha value is -2.17. The van der Waals surface area contributed by atoms with Gasteiger partial charge in [-0.2, -0.15) is 0 Å². The fraction of sp³-hybridized carbons (Fsp3) is 0.458. The molecule has 2 aliphatic heterocycles. The van der Waals surface area contributed by atoms with Crippen molar-refractivity contribution in [3.8, 4) is 0 Å². The maximum Gasteiger partial charge on any atom is 0.229 e. The van der Waals surface area contributed by atoms with Gasteiger partial charge in [0, 0.05) is 19.1 Å². The molecule has 1 atom stereocenters. The van der Waals surface area contributed by atoms with Crippen LogP contribution in [0.15, 0.2) is 60.7 Å². The van der Waals surface area contributed by atoms with Crippen LogP contribution in [-0.4, -0.2) is 41.9 Å². The predicted octanol–water partition coefficient (Wildman–Crippen LogP) is 3.59. The smallest absolute Gasteiger partial charge is 0.229 e. The van der Waals surface area contributed by atoms with E-state index in [4.69, 9.17) is 5.73 Å². The zero-order valence-electron chi connectivity index (χ0n) is 16.6. The Morgan fingerprint density at radius 1 is 0.893 bits per heavy atom. The SMILES string of the molecule is NC(CCN1CCC2(CC1)CCN(Cc1ccccc1)C2=O)c1ccccc1. The summed E-state index contributed by atoms with van der Waals surface area (Å²) in [5.41, 5.74) is 8.67. The van der Waals surface area contributed by atoms with Crippen molar-refractivity contribution < 1.29 is 4.79 Å². The minimum atomic E-state index is -0.118. The molecule has 2 aromatic carbocycles. The van der Waals surface area contributed by atoms with Crippen LogP contribution in [0, 0.1) is 5.41 Å². The highest BCUT2D eigenvalue weighted by molar-refractivity contribution is 5.85. The summed E-state index contributed by atoms with van der Waals surface area (Å²) >= 11 is 0. The van der Waals surface area contributed by atoms with E-state index in [0.717, 1.165) is 58.4 Å². The number of hydrogen-bond donors (Lipinski definition) is 1. The first kappa shape index (κ1) is 19.2. The minimum absolute atomic E-state index is 0.0894. The molecule has 4 rings (SSSR count). The zero-order valence-corrected chi connectivity index (χ0v) is 16.6.